The molecule has 0 bridgehead atoms. The Kier molecular flexibility index (Phi) is 3.39. The summed E-state index contributed by atoms with van der Waals surface area (Å²) in [4.78, 5) is 16.6. The fourth-order valence-electron chi connectivity index (χ4n) is 2.65. The summed E-state index contributed by atoms with van der Waals surface area (Å²) >= 11 is 0. The van der Waals surface area contributed by atoms with E-state index >= 15 is 0 Å². The predicted molar refractivity (Wildman–Crippen MR) is 77.7 cm³/mol. The Morgan fingerprint density at radius 2 is 1.76 bits per heavy atom. The van der Waals surface area contributed by atoms with Gasteiger partial charge in [-0.05, 0) is 32.0 Å². The summed E-state index contributed by atoms with van der Waals surface area (Å²) in [6, 6.07) is 4.58. The molecule has 1 aromatic carbocycles. The van der Waals surface area contributed by atoms with Gasteiger partial charge in [0, 0.05) is 13.1 Å². The van der Waals surface area contributed by atoms with Crippen LogP contribution in [-0.4, -0.2) is 48.0 Å². The van der Waals surface area contributed by atoms with E-state index in [-0.39, 0.29) is 22.8 Å². The number of rotatable bonds is 2. The molecule has 114 valence electrons. The average molecular weight is 311 g/mol. The molecule has 21 heavy (non-hydrogen) atoms. The maximum absolute atomic E-state index is 12.7. The minimum Gasteiger partial charge on any atom is -0.373 e. The van der Waals surface area contributed by atoms with Crippen molar-refractivity contribution in [3.05, 3.63) is 28.7 Å². The van der Waals surface area contributed by atoms with Gasteiger partial charge in [0.25, 0.3) is 0 Å². The number of nitrogens with one attached hydrogen (secondary N) is 2. The second-order valence-electron chi connectivity index (χ2n) is 5.37. The first-order valence-corrected chi connectivity index (χ1v) is 8.18. The molecule has 2 heterocycles. The minimum absolute atomic E-state index is 0.140. The van der Waals surface area contributed by atoms with Gasteiger partial charge >= 0.3 is 5.69 Å². The van der Waals surface area contributed by atoms with Crippen molar-refractivity contribution >= 4 is 21.1 Å². The number of hydrogen-bond acceptors (Lipinski definition) is 4. The first kappa shape index (κ1) is 14.3. The standard InChI is InChI=1S/C13H17N3O4S/c1-8-6-16(7-9(2)20-8)21(18,19)10-3-4-11-12(5-10)15-13(17)14-11/h3-5,8-9H,6-7H2,1-2H3,(H2,14,15,17)/t8-,9-/m0/s1. The smallest absolute Gasteiger partial charge is 0.323 e. The van der Waals surface area contributed by atoms with Crippen LogP contribution < -0.4 is 5.69 Å². The van der Waals surface area contributed by atoms with Gasteiger partial charge in [-0.15, -0.1) is 0 Å². The van der Waals surface area contributed by atoms with Crippen molar-refractivity contribution in [1.82, 2.24) is 14.3 Å². The Labute approximate surface area is 122 Å². The SMILES string of the molecule is C[C@H]1CN(S(=O)(=O)c2ccc3[nH]c(=O)[nH]c3c2)C[C@H](C)O1. The minimum atomic E-state index is -3.59. The molecule has 1 aliphatic heterocycles. The lowest BCUT2D eigenvalue weighted by Crippen LogP contribution is -2.48. The topological polar surface area (TPSA) is 95.3 Å². The Bertz CT molecular complexity index is 813. The van der Waals surface area contributed by atoms with E-state index in [0.717, 1.165) is 0 Å². The molecule has 0 radical (unpaired) electrons. The summed E-state index contributed by atoms with van der Waals surface area (Å²) in [6.07, 6.45) is -0.279. The lowest BCUT2D eigenvalue weighted by Gasteiger charge is -2.34. The number of aromatic amines is 2. The zero-order valence-corrected chi connectivity index (χ0v) is 12.6. The number of fused-ring (bicyclic) bond motifs is 1. The molecule has 2 N–H and O–H groups in total. The summed E-state index contributed by atoms with van der Waals surface area (Å²) in [5, 5.41) is 0. The maximum atomic E-state index is 12.7. The van der Waals surface area contributed by atoms with Crippen LogP contribution in [0.2, 0.25) is 0 Å². The molecule has 0 aliphatic carbocycles. The molecule has 0 saturated carbocycles. The molecule has 8 heteroatoms. The number of sulfonamides is 1. The van der Waals surface area contributed by atoms with E-state index in [4.69, 9.17) is 4.74 Å². The van der Waals surface area contributed by atoms with Gasteiger partial charge in [0.2, 0.25) is 10.0 Å². The van der Waals surface area contributed by atoms with Crippen LogP contribution in [0.4, 0.5) is 0 Å². The van der Waals surface area contributed by atoms with Crippen LogP contribution in [0.25, 0.3) is 11.0 Å². The molecule has 1 aromatic heterocycles. The van der Waals surface area contributed by atoms with Crippen LogP contribution in [0, 0.1) is 0 Å². The van der Waals surface area contributed by atoms with Crippen LogP contribution in [0.1, 0.15) is 13.8 Å². The molecule has 2 atom stereocenters. The highest BCUT2D eigenvalue weighted by atomic mass is 32.2. The molecule has 1 saturated heterocycles. The van der Waals surface area contributed by atoms with E-state index in [1.54, 1.807) is 6.07 Å². The summed E-state index contributed by atoms with van der Waals surface area (Å²) in [5.74, 6) is 0. The lowest BCUT2D eigenvalue weighted by molar-refractivity contribution is -0.0440. The number of nitrogens with zero attached hydrogens (tertiary/aromatic N) is 1. The van der Waals surface area contributed by atoms with Crippen LogP contribution in [0.5, 0.6) is 0 Å². The number of aromatic nitrogens is 2. The number of hydrogen-bond donors (Lipinski definition) is 2. The van der Waals surface area contributed by atoms with Crippen molar-refractivity contribution in [2.75, 3.05) is 13.1 Å². The van der Waals surface area contributed by atoms with Gasteiger partial charge in [0.1, 0.15) is 0 Å². The Balaban J connectivity index is 2.01. The summed E-state index contributed by atoms with van der Waals surface area (Å²) < 4.78 is 32.4. The third-order valence-electron chi connectivity index (χ3n) is 3.51. The van der Waals surface area contributed by atoms with Crippen LogP contribution in [0.15, 0.2) is 27.9 Å². The van der Waals surface area contributed by atoms with Crippen LogP contribution in [-0.2, 0) is 14.8 Å². The second kappa shape index (κ2) is 4.97. The van der Waals surface area contributed by atoms with E-state index < -0.39 is 10.0 Å². The summed E-state index contributed by atoms with van der Waals surface area (Å²) in [7, 11) is -3.59. The number of ether oxygens (including phenoxy) is 1. The molecular weight excluding hydrogens is 294 g/mol. The highest BCUT2D eigenvalue weighted by Gasteiger charge is 2.32. The van der Waals surface area contributed by atoms with Gasteiger partial charge in [0.15, 0.2) is 0 Å². The van der Waals surface area contributed by atoms with Crippen molar-refractivity contribution in [2.45, 2.75) is 31.0 Å². The van der Waals surface area contributed by atoms with Gasteiger partial charge in [-0.1, -0.05) is 0 Å². The van der Waals surface area contributed by atoms with Crippen molar-refractivity contribution in [3.63, 3.8) is 0 Å². The molecule has 0 spiro atoms. The maximum Gasteiger partial charge on any atom is 0.323 e. The fraction of sp³-hybridized carbons (Fsp3) is 0.462. The van der Waals surface area contributed by atoms with Gasteiger partial charge in [0.05, 0.1) is 28.1 Å². The number of H-pyrrole nitrogens is 2. The highest BCUT2D eigenvalue weighted by Crippen LogP contribution is 2.22. The predicted octanol–water partition coefficient (Wildman–Crippen LogP) is 0.654. The first-order valence-electron chi connectivity index (χ1n) is 6.74. The second-order valence-corrected chi connectivity index (χ2v) is 7.30. The third-order valence-corrected chi connectivity index (χ3v) is 5.34. The van der Waals surface area contributed by atoms with E-state index in [9.17, 15) is 13.2 Å². The monoisotopic (exact) mass is 311 g/mol. The van der Waals surface area contributed by atoms with Gasteiger partial charge in [-0.25, -0.2) is 13.2 Å². The van der Waals surface area contributed by atoms with E-state index in [1.165, 1.54) is 16.4 Å². The molecule has 0 amide bonds. The fourth-order valence-corrected chi connectivity index (χ4v) is 4.27. The lowest BCUT2D eigenvalue weighted by atomic mass is 10.3. The quantitative estimate of drug-likeness (QED) is 0.851. The summed E-state index contributed by atoms with van der Waals surface area (Å²) in [5.41, 5.74) is 0.714. The largest absolute Gasteiger partial charge is 0.373 e. The van der Waals surface area contributed by atoms with E-state index in [2.05, 4.69) is 9.97 Å². The molecular formula is C13H17N3O4S. The summed E-state index contributed by atoms with van der Waals surface area (Å²) in [6.45, 7) is 4.36. The normalized spacial score (nSPS) is 24.5. The van der Waals surface area contributed by atoms with Crippen LogP contribution in [0.3, 0.4) is 0 Å². The zero-order valence-electron chi connectivity index (χ0n) is 11.8. The Hall–Kier alpha value is -1.64. The van der Waals surface area contributed by atoms with Crippen molar-refractivity contribution in [2.24, 2.45) is 0 Å². The number of benzene rings is 1. The number of imidazole rings is 1. The molecule has 0 unspecified atom stereocenters. The molecule has 7 nitrogen and oxygen atoms in total. The van der Waals surface area contributed by atoms with Crippen LogP contribution >= 0.6 is 0 Å². The van der Waals surface area contributed by atoms with Crippen molar-refractivity contribution in [3.8, 4) is 0 Å². The Morgan fingerprint density at radius 1 is 1.14 bits per heavy atom. The van der Waals surface area contributed by atoms with E-state index in [1.807, 2.05) is 13.8 Å². The number of morpholine rings is 1. The van der Waals surface area contributed by atoms with Gasteiger partial charge in [-0.3, -0.25) is 0 Å². The zero-order chi connectivity index (χ0) is 15.2. The molecule has 3 rings (SSSR count). The van der Waals surface area contributed by atoms with Gasteiger partial charge in [-0.2, -0.15) is 4.31 Å². The van der Waals surface area contributed by atoms with Crippen molar-refractivity contribution in [1.29, 1.82) is 0 Å². The van der Waals surface area contributed by atoms with Gasteiger partial charge < -0.3 is 14.7 Å². The molecule has 1 aliphatic rings. The average Bonchev–Trinajstić information content (AvgIpc) is 2.76. The molecule has 1 fully saturated rings. The third kappa shape index (κ3) is 2.61. The van der Waals surface area contributed by atoms with Crippen molar-refractivity contribution < 1.29 is 13.2 Å². The van der Waals surface area contributed by atoms with E-state index in [0.29, 0.717) is 24.1 Å². The molecule has 2 aromatic rings. The first-order chi connectivity index (χ1) is 9.86. The highest BCUT2D eigenvalue weighted by molar-refractivity contribution is 7.89. The Morgan fingerprint density at radius 3 is 2.43 bits per heavy atom.